The zero-order chi connectivity index (χ0) is 14.4. The van der Waals surface area contributed by atoms with E-state index in [1.54, 1.807) is 6.07 Å². The first-order chi connectivity index (χ1) is 10.2. The van der Waals surface area contributed by atoms with Gasteiger partial charge < -0.3 is 9.32 Å². The third-order valence-corrected chi connectivity index (χ3v) is 4.05. The minimum absolute atomic E-state index is 0.302. The maximum absolute atomic E-state index is 11.8. The van der Waals surface area contributed by atoms with Crippen LogP contribution in [0.15, 0.2) is 57.7 Å². The second-order valence-electron chi connectivity index (χ2n) is 5.48. The predicted octanol–water partition coefficient (Wildman–Crippen LogP) is 3.80. The monoisotopic (exact) mass is 277 g/mol. The molecule has 3 heteroatoms. The van der Waals surface area contributed by atoms with Gasteiger partial charge in [0, 0.05) is 23.7 Å². The Hall–Kier alpha value is -2.55. The van der Waals surface area contributed by atoms with Crippen LogP contribution < -0.4 is 10.5 Å². The Bertz CT molecular complexity index is 895. The minimum atomic E-state index is -0.302. The van der Waals surface area contributed by atoms with Crippen molar-refractivity contribution < 1.29 is 4.42 Å². The second kappa shape index (κ2) is 4.48. The SMILES string of the molecule is Cc1ccc2c(c1)CCN2c1cc(=O)oc2ccccc12. The number of hydrogen-bond donors (Lipinski definition) is 0. The van der Waals surface area contributed by atoms with Crippen LogP contribution in [0, 0.1) is 6.92 Å². The molecule has 0 bridgehead atoms. The normalized spacial score (nSPS) is 13.7. The molecule has 0 saturated carbocycles. The van der Waals surface area contributed by atoms with Gasteiger partial charge in [0.1, 0.15) is 5.58 Å². The van der Waals surface area contributed by atoms with Crippen LogP contribution in [0.5, 0.6) is 0 Å². The Morgan fingerprint density at radius 3 is 2.81 bits per heavy atom. The molecule has 1 aromatic heterocycles. The molecule has 2 aromatic carbocycles. The first-order valence-electron chi connectivity index (χ1n) is 7.12. The summed E-state index contributed by atoms with van der Waals surface area (Å²) in [5, 5.41) is 0.977. The second-order valence-corrected chi connectivity index (χ2v) is 5.48. The number of nitrogens with zero attached hydrogens (tertiary/aromatic N) is 1. The Morgan fingerprint density at radius 1 is 1.05 bits per heavy atom. The summed E-state index contributed by atoms with van der Waals surface area (Å²) in [6, 6.07) is 15.8. The number of anilines is 2. The molecule has 3 nitrogen and oxygen atoms in total. The van der Waals surface area contributed by atoms with E-state index in [0.29, 0.717) is 5.58 Å². The van der Waals surface area contributed by atoms with Gasteiger partial charge in [-0.2, -0.15) is 0 Å². The average Bonchev–Trinajstić information content (AvgIpc) is 2.89. The van der Waals surface area contributed by atoms with Crippen LogP contribution in [0.2, 0.25) is 0 Å². The standard InChI is InChI=1S/C18H15NO2/c1-12-6-7-15-13(10-12)8-9-19(15)16-11-18(20)21-17-5-3-2-4-14(16)17/h2-7,10-11H,8-9H2,1H3. The van der Waals surface area contributed by atoms with Gasteiger partial charge in [-0.25, -0.2) is 4.79 Å². The summed E-state index contributed by atoms with van der Waals surface area (Å²) in [6.07, 6.45) is 1.01. The molecule has 0 saturated heterocycles. The molecule has 4 rings (SSSR count). The lowest BCUT2D eigenvalue weighted by molar-refractivity contribution is 0.561. The Balaban J connectivity index is 1.95. The molecule has 1 aliphatic rings. The highest BCUT2D eigenvalue weighted by Crippen LogP contribution is 2.37. The third-order valence-electron chi connectivity index (χ3n) is 4.05. The molecule has 0 atom stereocenters. The fourth-order valence-corrected chi connectivity index (χ4v) is 3.10. The lowest BCUT2D eigenvalue weighted by Gasteiger charge is -2.20. The van der Waals surface area contributed by atoms with Crippen LogP contribution in [0.3, 0.4) is 0 Å². The molecule has 0 amide bonds. The van der Waals surface area contributed by atoms with Gasteiger partial charge in [-0.1, -0.05) is 29.8 Å². The number of rotatable bonds is 1. The Morgan fingerprint density at radius 2 is 1.90 bits per heavy atom. The van der Waals surface area contributed by atoms with E-state index in [4.69, 9.17) is 4.42 Å². The fraction of sp³-hybridized carbons (Fsp3) is 0.167. The van der Waals surface area contributed by atoms with Gasteiger partial charge in [-0.15, -0.1) is 0 Å². The van der Waals surface area contributed by atoms with Crippen molar-refractivity contribution in [1.29, 1.82) is 0 Å². The van der Waals surface area contributed by atoms with Crippen LogP contribution in [0.4, 0.5) is 11.4 Å². The maximum Gasteiger partial charge on any atom is 0.338 e. The summed E-state index contributed by atoms with van der Waals surface area (Å²) in [7, 11) is 0. The lowest BCUT2D eigenvalue weighted by Crippen LogP contribution is -2.15. The predicted molar refractivity (Wildman–Crippen MR) is 84.4 cm³/mol. The van der Waals surface area contributed by atoms with Crippen LogP contribution in [0.1, 0.15) is 11.1 Å². The van der Waals surface area contributed by atoms with E-state index in [1.165, 1.54) is 16.8 Å². The summed E-state index contributed by atoms with van der Waals surface area (Å²) in [5.41, 5.74) is 5.07. The zero-order valence-electron chi connectivity index (χ0n) is 11.8. The number of fused-ring (bicyclic) bond motifs is 2. The molecule has 21 heavy (non-hydrogen) atoms. The Labute approximate surface area is 122 Å². The van der Waals surface area contributed by atoms with Crippen molar-refractivity contribution in [2.24, 2.45) is 0 Å². The van der Waals surface area contributed by atoms with E-state index in [0.717, 1.165) is 24.0 Å². The first kappa shape index (κ1) is 12.2. The quantitative estimate of drug-likeness (QED) is 0.634. The van der Waals surface area contributed by atoms with Gasteiger partial charge >= 0.3 is 5.63 Å². The summed E-state index contributed by atoms with van der Waals surface area (Å²) in [6.45, 7) is 3.00. The van der Waals surface area contributed by atoms with E-state index < -0.39 is 0 Å². The topological polar surface area (TPSA) is 33.5 Å². The molecule has 104 valence electrons. The van der Waals surface area contributed by atoms with Gasteiger partial charge in [0.2, 0.25) is 0 Å². The van der Waals surface area contributed by atoms with Gasteiger partial charge in [0.25, 0.3) is 0 Å². The van der Waals surface area contributed by atoms with E-state index >= 15 is 0 Å². The van der Waals surface area contributed by atoms with Crippen molar-refractivity contribution >= 4 is 22.3 Å². The highest BCUT2D eigenvalue weighted by molar-refractivity contribution is 5.93. The summed E-state index contributed by atoms with van der Waals surface area (Å²) in [4.78, 5) is 14.1. The molecule has 1 aliphatic heterocycles. The molecule has 0 radical (unpaired) electrons. The number of hydrogen-bond acceptors (Lipinski definition) is 3. The zero-order valence-corrected chi connectivity index (χ0v) is 11.8. The highest BCUT2D eigenvalue weighted by atomic mass is 16.4. The van der Waals surface area contributed by atoms with Crippen molar-refractivity contribution in [3.05, 3.63) is 70.1 Å². The summed E-state index contributed by atoms with van der Waals surface area (Å²) in [5.74, 6) is 0. The maximum atomic E-state index is 11.8. The first-order valence-corrected chi connectivity index (χ1v) is 7.12. The number of aryl methyl sites for hydroxylation is 1. The molecular formula is C18H15NO2. The fourth-order valence-electron chi connectivity index (χ4n) is 3.10. The molecular weight excluding hydrogens is 262 g/mol. The lowest BCUT2D eigenvalue weighted by atomic mass is 10.1. The summed E-state index contributed by atoms with van der Waals surface area (Å²) >= 11 is 0. The molecule has 0 spiro atoms. The largest absolute Gasteiger partial charge is 0.423 e. The molecule has 0 N–H and O–H groups in total. The molecule has 0 unspecified atom stereocenters. The number of benzene rings is 2. The van der Waals surface area contributed by atoms with Crippen LogP contribution in [-0.2, 0) is 6.42 Å². The van der Waals surface area contributed by atoms with E-state index in [9.17, 15) is 4.79 Å². The number of para-hydroxylation sites is 1. The highest BCUT2D eigenvalue weighted by Gasteiger charge is 2.22. The van der Waals surface area contributed by atoms with Crippen molar-refractivity contribution in [3.63, 3.8) is 0 Å². The third kappa shape index (κ3) is 1.93. The Kier molecular flexibility index (Phi) is 2.61. The van der Waals surface area contributed by atoms with Gasteiger partial charge in [0.05, 0.1) is 5.69 Å². The van der Waals surface area contributed by atoms with Gasteiger partial charge in [-0.05, 0) is 37.1 Å². The molecule has 3 aromatic rings. The minimum Gasteiger partial charge on any atom is -0.423 e. The smallest absolute Gasteiger partial charge is 0.338 e. The van der Waals surface area contributed by atoms with E-state index in [2.05, 4.69) is 30.0 Å². The van der Waals surface area contributed by atoms with Crippen LogP contribution >= 0.6 is 0 Å². The van der Waals surface area contributed by atoms with E-state index in [-0.39, 0.29) is 5.63 Å². The van der Waals surface area contributed by atoms with Crippen molar-refractivity contribution in [1.82, 2.24) is 0 Å². The van der Waals surface area contributed by atoms with Gasteiger partial charge in [-0.3, -0.25) is 0 Å². The summed E-state index contributed by atoms with van der Waals surface area (Å²) < 4.78 is 5.29. The van der Waals surface area contributed by atoms with Crippen molar-refractivity contribution in [2.45, 2.75) is 13.3 Å². The van der Waals surface area contributed by atoms with Crippen molar-refractivity contribution in [2.75, 3.05) is 11.4 Å². The molecule has 0 aliphatic carbocycles. The van der Waals surface area contributed by atoms with Gasteiger partial charge in [0.15, 0.2) is 0 Å². The molecule has 0 fully saturated rings. The van der Waals surface area contributed by atoms with E-state index in [1.807, 2.05) is 24.3 Å². The molecule has 2 heterocycles. The van der Waals surface area contributed by atoms with Crippen molar-refractivity contribution in [3.8, 4) is 0 Å². The van der Waals surface area contributed by atoms with Crippen LogP contribution in [0.25, 0.3) is 11.0 Å². The average molecular weight is 277 g/mol. The van der Waals surface area contributed by atoms with Crippen LogP contribution in [-0.4, -0.2) is 6.54 Å².